The predicted molar refractivity (Wildman–Crippen MR) is 384 cm³/mol. The van der Waals surface area contributed by atoms with E-state index in [2.05, 4.69) is 100 Å². The normalized spacial score (nSPS) is 15.6. The number of nitrogens with one attached hydrogen (secondary N) is 18. The van der Waals surface area contributed by atoms with E-state index in [0.717, 1.165) is 10.9 Å². The van der Waals surface area contributed by atoms with Crippen LogP contribution < -0.4 is 102 Å². The van der Waals surface area contributed by atoms with Gasteiger partial charge in [-0.25, -0.2) is 4.98 Å². The summed E-state index contributed by atoms with van der Waals surface area (Å²) in [7, 11) is 0. The van der Waals surface area contributed by atoms with Crippen LogP contribution in [0.15, 0.2) is 43.0 Å². The molecule has 3 rings (SSSR count). The predicted octanol–water partition coefficient (Wildman–Crippen LogP) is -6.56. The summed E-state index contributed by atoms with van der Waals surface area (Å²) in [5.41, 5.74) is 18.5. The molecule has 0 aliphatic rings. The van der Waals surface area contributed by atoms with Gasteiger partial charge in [0.1, 0.15) is 96.7 Å². The second-order valence-electron chi connectivity index (χ2n) is 26.0. The Morgan fingerprint density at radius 2 is 0.632 bits per heavy atom. The number of rotatable bonds is 44. The lowest BCUT2D eigenvalue weighted by Gasteiger charge is -2.25. The van der Waals surface area contributed by atoms with Crippen LogP contribution in [0.25, 0.3) is 10.9 Å². The van der Waals surface area contributed by atoms with Crippen LogP contribution in [-0.2, 0) is 94.3 Å². The van der Waals surface area contributed by atoms with Crippen LogP contribution in [0.2, 0.25) is 0 Å². The number of primary amides is 1. The molecule has 0 saturated carbocycles. The standard InChI is InChI=1S/C67H106N22O17/c1-31(74-54(93)32(2)76-56(95)34(4)78-58(97)36(6)80-60(99)38(8)82-62(101)40(10)84-65(104)49(86-43(13)90)23-17-19-25-69)53(92)75-33(3)55(94)77-35(5)57(96)79-37(7)59(98)81-39(9)61(100)83-41(11)63(102)88-50(26-44-28-72-47-21-15-14-20-46(44)47)66(105)85-42(12)64(103)89-51(27-45-29-71-30-73-45)67(106)87-48(52(70)91)22-16-18-24-68/h14-15,20-21,28-42,48-51,72H,16-19,22-27,68-69H2,1-13H3,(H2,70,91)(H,71,73)(H,74,93)(H,75,92)(H,76,95)(H,77,94)(H,78,97)(H,79,96)(H,80,99)(H,81,98)(H,82,101)(H,83,100)(H,84,104)(H,85,105)(H,86,90)(H,87,106)(H,88,102)(H,89,103)/t31-,32-,33-,34-,35-,36-,37-,38-,39-,40-,41-,42-,48-,49-,50-,51-/m0/s1. The Hall–Kier alpha value is -11.1. The SMILES string of the molecule is CC(=O)N[C@@H](CCCCN)C(=O)N[C@@H](C)C(=O)N[C@@H](C)C(=O)N[C@@H](C)C(=O)N[C@@H](C)C(=O)N[C@@H](C)C(=O)N[C@@H](C)C(=O)N[C@@H](C)C(=O)N[C@@H](C)C(=O)N[C@@H](C)C(=O)N[C@@H](C)C(=O)N[C@@H](C)C(=O)N[C@@H](Cc1c[nH]c2ccccc12)C(=O)N[C@@H](C)C(=O)N[C@@H](Cc1cnc[nH]1)C(=O)N[C@@H](CCCCN)C(N)=O. The van der Waals surface area contributed by atoms with Gasteiger partial charge >= 0.3 is 0 Å². The summed E-state index contributed by atoms with van der Waals surface area (Å²) in [4.78, 5) is 233. The summed E-state index contributed by atoms with van der Waals surface area (Å²) < 4.78 is 0. The number of nitrogens with two attached hydrogens (primary N) is 3. The van der Waals surface area contributed by atoms with E-state index in [0.29, 0.717) is 50.0 Å². The summed E-state index contributed by atoms with van der Waals surface area (Å²) in [6, 6.07) is -12.8. The quantitative estimate of drug-likeness (QED) is 0.0234. The fourth-order valence-corrected chi connectivity index (χ4v) is 10.0. The largest absolute Gasteiger partial charge is 0.368 e. The summed E-state index contributed by atoms with van der Waals surface area (Å²) in [6.07, 6.45) is 6.91. The molecule has 0 spiro atoms. The highest BCUT2D eigenvalue weighted by molar-refractivity contribution is 6.01. The second kappa shape index (κ2) is 43.9. The van der Waals surface area contributed by atoms with Crippen molar-refractivity contribution in [3.05, 3.63) is 54.2 Å². The first-order chi connectivity index (χ1) is 49.8. The van der Waals surface area contributed by atoms with Gasteiger partial charge < -0.3 is 112 Å². The van der Waals surface area contributed by atoms with Crippen molar-refractivity contribution in [3.8, 4) is 0 Å². The van der Waals surface area contributed by atoms with Crippen molar-refractivity contribution in [1.29, 1.82) is 0 Å². The molecule has 39 heteroatoms. The highest BCUT2D eigenvalue weighted by Gasteiger charge is 2.35. The molecule has 0 unspecified atom stereocenters. The second-order valence-corrected chi connectivity index (χ2v) is 26.0. The van der Waals surface area contributed by atoms with E-state index in [1.165, 1.54) is 103 Å². The van der Waals surface area contributed by atoms with E-state index in [1.807, 2.05) is 0 Å². The summed E-state index contributed by atoms with van der Waals surface area (Å²) >= 11 is 0. The van der Waals surface area contributed by atoms with Crippen LogP contribution in [-0.4, -0.2) is 225 Å². The number of fused-ring (bicyclic) bond motifs is 1. The fourth-order valence-electron chi connectivity index (χ4n) is 10.0. The molecule has 0 fully saturated rings. The zero-order chi connectivity index (χ0) is 79.8. The van der Waals surface area contributed by atoms with E-state index >= 15 is 0 Å². The van der Waals surface area contributed by atoms with Gasteiger partial charge in [0, 0.05) is 48.8 Å². The molecule has 3 aromatic rings. The van der Waals surface area contributed by atoms with Gasteiger partial charge in [-0.15, -0.1) is 0 Å². The molecule has 0 saturated heterocycles. The van der Waals surface area contributed by atoms with E-state index in [9.17, 15) is 81.5 Å². The Balaban J connectivity index is 1.49. The number of carbonyl (C=O) groups excluding carboxylic acids is 17. The molecule has 17 amide bonds. The number of imidazole rings is 1. The van der Waals surface area contributed by atoms with Gasteiger partial charge in [-0.05, 0) is 146 Å². The number of aromatic amines is 2. The molecule has 16 atom stereocenters. The van der Waals surface area contributed by atoms with E-state index in [1.54, 1.807) is 30.5 Å². The van der Waals surface area contributed by atoms with Crippen molar-refractivity contribution in [2.75, 3.05) is 13.1 Å². The number of benzene rings is 1. The van der Waals surface area contributed by atoms with Gasteiger partial charge in [0.15, 0.2) is 0 Å². The molecule has 1 aromatic carbocycles. The number of para-hydroxylation sites is 1. The van der Waals surface area contributed by atoms with Gasteiger partial charge in [0.25, 0.3) is 0 Å². The molecule has 0 bridgehead atoms. The Labute approximate surface area is 613 Å². The Morgan fingerprint density at radius 1 is 0.349 bits per heavy atom. The van der Waals surface area contributed by atoms with Crippen LogP contribution in [0.4, 0.5) is 0 Å². The van der Waals surface area contributed by atoms with E-state index in [-0.39, 0.29) is 25.7 Å². The highest BCUT2D eigenvalue weighted by atomic mass is 16.2. The van der Waals surface area contributed by atoms with Gasteiger partial charge in [-0.1, -0.05) is 18.2 Å². The molecule has 24 N–H and O–H groups in total. The number of hydrogen-bond acceptors (Lipinski definition) is 20. The lowest BCUT2D eigenvalue weighted by molar-refractivity contribution is -0.135. The molecule has 586 valence electrons. The third-order valence-electron chi connectivity index (χ3n) is 16.6. The first-order valence-corrected chi connectivity index (χ1v) is 34.8. The average Bonchev–Trinajstić information content (AvgIpc) is 1.66. The average molecular weight is 1490 g/mol. The maximum absolute atomic E-state index is 14.2. The molecule has 106 heavy (non-hydrogen) atoms. The maximum atomic E-state index is 14.2. The molecule has 0 radical (unpaired) electrons. The van der Waals surface area contributed by atoms with Crippen LogP contribution in [0.5, 0.6) is 0 Å². The molecule has 2 heterocycles. The van der Waals surface area contributed by atoms with Crippen molar-refractivity contribution in [3.63, 3.8) is 0 Å². The number of H-pyrrole nitrogens is 2. The first-order valence-electron chi connectivity index (χ1n) is 34.8. The van der Waals surface area contributed by atoms with Gasteiger partial charge in [-0.2, -0.15) is 0 Å². The molecule has 39 nitrogen and oxygen atoms in total. The molecular weight excluding hydrogens is 1380 g/mol. The number of nitrogens with zero attached hydrogens (tertiary/aromatic N) is 1. The van der Waals surface area contributed by atoms with Crippen molar-refractivity contribution < 1.29 is 81.5 Å². The molecule has 0 aliphatic carbocycles. The van der Waals surface area contributed by atoms with Crippen LogP contribution in [0.3, 0.4) is 0 Å². The minimum Gasteiger partial charge on any atom is -0.368 e. The number of carbonyl (C=O) groups is 17. The third-order valence-corrected chi connectivity index (χ3v) is 16.6. The monoisotopic (exact) mass is 1490 g/mol. The van der Waals surface area contributed by atoms with Crippen LogP contribution >= 0.6 is 0 Å². The van der Waals surface area contributed by atoms with Crippen molar-refractivity contribution in [2.24, 2.45) is 17.2 Å². The number of hydrogen-bond donors (Lipinski definition) is 21. The number of unbranched alkanes of at least 4 members (excludes halogenated alkanes) is 2. The Kier molecular flexibility index (Phi) is 36.9. The zero-order valence-corrected chi connectivity index (χ0v) is 62.0. The minimum absolute atomic E-state index is 0.0974. The van der Waals surface area contributed by atoms with Crippen LogP contribution in [0.1, 0.15) is 140 Å². The highest BCUT2D eigenvalue weighted by Crippen LogP contribution is 2.20. The minimum atomic E-state index is -1.37. The summed E-state index contributed by atoms with van der Waals surface area (Å²) in [5, 5.41) is 40.3. The molecular formula is C67H106N22O17. The Morgan fingerprint density at radius 3 is 0.943 bits per heavy atom. The Bertz CT molecular complexity index is 3590. The van der Waals surface area contributed by atoms with Crippen molar-refractivity contribution in [2.45, 2.75) is 238 Å². The lowest BCUT2D eigenvalue weighted by Crippen LogP contribution is -2.59. The van der Waals surface area contributed by atoms with E-state index in [4.69, 9.17) is 17.2 Å². The van der Waals surface area contributed by atoms with Crippen molar-refractivity contribution >= 4 is 111 Å². The summed E-state index contributed by atoms with van der Waals surface area (Å²) in [6.45, 7) is 17.7. The molecule has 0 aliphatic heterocycles. The topological polar surface area (TPSA) is 605 Å². The third kappa shape index (κ3) is 29.9. The lowest BCUT2D eigenvalue weighted by atomic mass is 10.0. The van der Waals surface area contributed by atoms with Gasteiger partial charge in [0.2, 0.25) is 100 Å². The maximum Gasteiger partial charge on any atom is 0.243 e. The molecule has 2 aromatic heterocycles. The zero-order valence-electron chi connectivity index (χ0n) is 62.0. The van der Waals surface area contributed by atoms with Gasteiger partial charge in [-0.3, -0.25) is 81.5 Å². The van der Waals surface area contributed by atoms with Gasteiger partial charge in [0.05, 0.1) is 6.33 Å². The van der Waals surface area contributed by atoms with E-state index < -0.39 is 197 Å². The fraction of sp³-hybridized carbons (Fsp3) is 0.582. The van der Waals surface area contributed by atoms with Crippen molar-refractivity contribution in [1.82, 2.24) is 100 Å². The number of aromatic nitrogens is 3. The number of amides is 17. The first kappa shape index (κ1) is 89.1. The van der Waals surface area contributed by atoms with Crippen LogP contribution in [0, 0.1) is 0 Å². The summed E-state index contributed by atoms with van der Waals surface area (Å²) in [5.74, 6) is -13.4. The smallest absolute Gasteiger partial charge is 0.243 e.